The number of alkyl halides is 3. The van der Waals surface area contributed by atoms with Crippen LogP contribution in [-0.2, 0) is 27.5 Å². The number of sulfonamides is 1. The largest absolute Gasteiger partial charge is 0.451 e. The number of nitrogens with one attached hydrogen (secondary N) is 1. The average Bonchev–Trinajstić information content (AvgIpc) is 3.52. The first-order chi connectivity index (χ1) is 17.4. The van der Waals surface area contributed by atoms with Gasteiger partial charge in [0.2, 0.25) is 21.8 Å². The highest BCUT2D eigenvalue weighted by molar-refractivity contribution is 7.89. The quantitative estimate of drug-likeness (QED) is 0.483. The third-order valence-electron chi connectivity index (χ3n) is 6.51. The van der Waals surface area contributed by atoms with E-state index in [0.29, 0.717) is 12.0 Å². The Kier molecular flexibility index (Phi) is 6.23. The third-order valence-corrected chi connectivity index (χ3v) is 8.37. The summed E-state index contributed by atoms with van der Waals surface area (Å²) in [5.74, 6) is -3.26. The first kappa shape index (κ1) is 25.2. The Morgan fingerprint density at radius 3 is 2.38 bits per heavy atom. The zero-order valence-electron chi connectivity index (χ0n) is 18.9. The molecule has 13 heteroatoms. The smallest absolute Gasteiger partial charge is 0.351 e. The molecule has 37 heavy (non-hydrogen) atoms. The van der Waals surface area contributed by atoms with Gasteiger partial charge in [0.05, 0.1) is 4.90 Å². The molecule has 0 radical (unpaired) electrons. The van der Waals surface area contributed by atoms with Gasteiger partial charge in [-0.3, -0.25) is 4.79 Å². The molecule has 1 aliphatic carbocycles. The van der Waals surface area contributed by atoms with Crippen LogP contribution in [0, 0.1) is 23.5 Å². The molecule has 2 fully saturated rings. The van der Waals surface area contributed by atoms with Crippen molar-refractivity contribution in [2.24, 2.45) is 11.8 Å². The fourth-order valence-corrected chi connectivity index (χ4v) is 6.24. The van der Waals surface area contributed by atoms with Gasteiger partial charge in [-0.05, 0) is 60.2 Å². The molecule has 2 aromatic carbocycles. The van der Waals surface area contributed by atoms with Gasteiger partial charge < -0.3 is 5.32 Å². The molecule has 1 aromatic heterocycles. The molecular formula is C24H19F5N4O3S. The number of aromatic nitrogens is 2. The number of nitrogens with zero attached hydrogens (tertiary/aromatic N) is 3. The van der Waals surface area contributed by atoms with Crippen LogP contribution in [0.2, 0.25) is 0 Å². The van der Waals surface area contributed by atoms with Gasteiger partial charge in [-0.1, -0.05) is 6.07 Å². The van der Waals surface area contributed by atoms with Crippen LogP contribution < -0.4 is 5.32 Å². The molecule has 3 atom stereocenters. The maximum absolute atomic E-state index is 14.4. The molecular weight excluding hydrogens is 519 g/mol. The number of benzene rings is 2. The van der Waals surface area contributed by atoms with E-state index in [1.807, 2.05) is 0 Å². The van der Waals surface area contributed by atoms with Gasteiger partial charge >= 0.3 is 6.18 Å². The molecule has 0 spiro atoms. The van der Waals surface area contributed by atoms with Crippen molar-refractivity contribution in [2.75, 3.05) is 6.54 Å². The van der Waals surface area contributed by atoms with Crippen LogP contribution >= 0.6 is 0 Å². The third kappa shape index (κ3) is 4.92. The van der Waals surface area contributed by atoms with Crippen LogP contribution in [0.15, 0.2) is 59.8 Å². The fraction of sp³-hybridized carbons (Fsp3) is 0.292. The van der Waals surface area contributed by atoms with Crippen LogP contribution in [0.25, 0.3) is 11.1 Å². The summed E-state index contributed by atoms with van der Waals surface area (Å²) < 4.78 is 93.2. The second kappa shape index (κ2) is 9.14. The van der Waals surface area contributed by atoms with Crippen molar-refractivity contribution in [1.29, 1.82) is 0 Å². The number of carbonyl (C=O) groups is 1. The van der Waals surface area contributed by atoms with Crippen LogP contribution in [0.5, 0.6) is 0 Å². The lowest BCUT2D eigenvalue weighted by Gasteiger charge is -2.26. The van der Waals surface area contributed by atoms with Crippen LogP contribution in [-0.4, -0.2) is 41.2 Å². The SMILES string of the molecule is O=C(NCc1ccc(F)c(-c2cnc(C(F)(F)F)nc2)c1)[C@@H]1[C@H]2C[C@H]2CN1S(=O)(=O)c1ccc(F)cc1. The summed E-state index contributed by atoms with van der Waals surface area (Å²) in [7, 11) is -4.04. The molecule has 7 nitrogen and oxygen atoms in total. The second-order valence-electron chi connectivity index (χ2n) is 8.96. The second-order valence-corrected chi connectivity index (χ2v) is 10.8. The summed E-state index contributed by atoms with van der Waals surface area (Å²) in [6.07, 6.45) is -2.30. The van der Waals surface area contributed by atoms with E-state index in [1.54, 1.807) is 0 Å². The topological polar surface area (TPSA) is 92.3 Å². The lowest BCUT2D eigenvalue weighted by atomic mass is 10.0. The molecule has 2 aliphatic rings. The molecule has 0 unspecified atom stereocenters. The van der Waals surface area contributed by atoms with E-state index in [2.05, 4.69) is 15.3 Å². The van der Waals surface area contributed by atoms with Gasteiger partial charge in [-0.25, -0.2) is 27.2 Å². The molecule has 194 valence electrons. The van der Waals surface area contributed by atoms with Crippen molar-refractivity contribution in [3.8, 4) is 11.1 Å². The van der Waals surface area contributed by atoms with Crippen molar-refractivity contribution >= 4 is 15.9 Å². The minimum atomic E-state index is -4.73. The van der Waals surface area contributed by atoms with Gasteiger partial charge in [-0.15, -0.1) is 0 Å². The summed E-state index contributed by atoms with van der Waals surface area (Å²) >= 11 is 0. The Morgan fingerprint density at radius 1 is 1.05 bits per heavy atom. The molecule has 1 amide bonds. The van der Waals surface area contributed by atoms with Crippen LogP contribution in [0.3, 0.4) is 0 Å². The van der Waals surface area contributed by atoms with Crippen molar-refractivity contribution < 1.29 is 35.2 Å². The lowest BCUT2D eigenvalue weighted by Crippen LogP contribution is -2.48. The molecule has 3 aromatic rings. The summed E-state index contributed by atoms with van der Waals surface area (Å²) in [5.41, 5.74) is 0.402. The Balaban J connectivity index is 1.31. The van der Waals surface area contributed by atoms with Gasteiger partial charge in [0.25, 0.3) is 0 Å². The number of piperidine rings is 1. The highest BCUT2D eigenvalue weighted by Gasteiger charge is 2.58. The van der Waals surface area contributed by atoms with Crippen molar-refractivity contribution in [1.82, 2.24) is 19.6 Å². The van der Waals surface area contributed by atoms with Crippen molar-refractivity contribution in [3.05, 3.63) is 77.9 Å². The standard InChI is InChI=1S/C24H19F5N4O3S/c25-16-2-4-17(5-3-16)37(35,36)33-12-14-8-19(14)21(33)22(34)30-9-13-1-6-20(26)18(7-13)15-10-31-23(32-11-15)24(27,28)29/h1-7,10-11,14,19,21H,8-9,12H2,(H,30,34)/t14-,19-,21-/m0/s1. The van der Waals surface area contributed by atoms with E-state index in [0.717, 1.165) is 47.0 Å². The van der Waals surface area contributed by atoms with E-state index < -0.39 is 45.6 Å². The number of fused-ring (bicyclic) bond motifs is 1. The minimum absolute atomic E-state index is 0.0202. The zero-order chi connectivity index (χ0) is 26.5. The molecule has 1 aliphatic heterocycles. The Bertz CT molecular complexity index is 1450. The highest BCUT2D eigenvalue weighted by Crippen LogP contribution is 2.51. The molecule has 1 saturated carbocycles. The van der Waals surface area contributed by atoms with Gasteiger partial charge in [-0.2, -0.15) is 17.5 Å². The number of halogens is 5. The van der Waals surface area contributed by atoms with E-state index >= 15 is 0 Å². The number of amides is 1. The van der Waals surface area contributed by atoms with E-state index in [-0.39, 0.29) is 40.9 Å². The van der Waals surface area contributed by atoms with E-state index in [4.69, 9.17) is 0 Å². The Labute approximate surface area is 208 Å². The van der Waals surface area contributed by atoms with Crippen LogP contribution in [0.4, 0.5) is 22.0 Å². The Morgan fingerprint density at radius 2 is 1.73 bits per heavy atom. The number of hydrogen-bond acceptors (Lipinski definition) is 5. The van der Waals surface area contributed by atoms with Crippen LogP contribution in [0.1, 0.15) is 17.8 Å². The fourth-order valence-electron chi connectivity index (χ4n) is 4.55. The van der Waals surface area contributed by atoms with E-state index in [1.165, 1.54) is 12.1 Å². The monoisotopic (exact) mass is 538 g/mol. The first-order valence-corrected chi connectivity index (χ1v) is 12.6. The van der Waals surface area contributed by atoms with Gasteiger partial charge in [0.15, 0.2) is 0 Å². The average molecular weight is 538 g/mol. The maximum atomic E-state index is 14.4. The molecule has 5 rings (SSSR count). The predicted octanol–water partition coefficient (Wildman–Crippen LogP) is 3.77. The summed E-state index contributed by atoms with van der Waals surface area (Å²) in [4.78, 5) is 19.4. The summed E-state index contributed by atoms with van der Waals surface area (Å²) in [6.45, 7) is 0.100. The number of rotatable bonds is 6. The number of carbonyl (C=O) groups excluding carboxylic acids is 1. The predicted molar refractivity (Wildman–Crippen MR) is 120 cm³/mol. The number of hydrogen-bond donors (Lipinski definition) is 1. The zero-order valence-corrected chi connectivity index (χ0v) is 19.7. The first-order valence-electron chi connectivity index (χ1n) is 11.2. The van der Waals surface area contributed by atoms with Crippen molar-refractivity contribution in [2.45, 2.75) is 30.1 Å². The molecule has 0 bridgehead atoms. The van der Waals surface area contributed by atoms with Gasteiger partial charge in [0, 0.05) is 36.6 Å². The van der Waals surface area contributed by atoms with Crippen molar-refractivity contribution in [3.63, 3.8) is 0 Å². The highest BCUT2D eigenvalue weighted by atomic mass is 32.2. The normalized spacial score (nSPS) is 21.5. The Hall–Kier alpha value is -3.45. The summed E-state index contributed by atoms with van der Waals surface area (Å²) in [6, 6.07) is 7.27. The summed E-state index contributed by atoms with van der Waals surface area (Å²) in [5, 5.41) is 2.68. The molecule has 2 heterocycles. The van der Waals surface area contributed by atoms with Gasteiger partial charge in [0.1, 0.15) is 17.7 Å². The molecule has 1 N–H and O–H groups in total. The molecule has 1 saturated heterocycles. The van der Waals surface area contributed by atoms with E-state index in [9.17, 15) is 35.2 Å². The minimum Gasteiger partial charge on any atom is -0.351 e. The maximum Gasteiger partial charge on any atom is 0.451 e. The lowest BCUT2D eigenvalue weighted by molar-refractivity contribution is -0.145.